The summed E-state index contributed by atoms with van der Waals surface area (Å²) in [5, 5.41) is 17.4. The van der Waals surface area contributed by atoms with Gasteiger partial charge in [-0.25, -0.2) is 4.79 Å². The highest BCUT2D eigenvalue weighted by molar-refractivity contribution is 7.92. The van der Waals surface area contributed by atoms with Crippen LogP contribution in [0.2, 0.25) is 0 Å². The molecule has 0 unspecified atom stereocenters. The zero-order valence-corrected chi connectivity index (χ0v) is 9.62. The van der Waals surface area contributed by atoms with E-state index in [2.05, 4.69) is 24.5 Å². The molecule has 0 atom stereocenters. The van der Waals surface area contributed by atoms with Crippen LogP contribution in [-0.4, -0.2) is 39.3 Å². The van der Waals surface area contributed by atoms with Crippen LogP contribution < -0.4 is 4.72 Å². The Labute approximate surface area is 98.7 Å². The zero-order valence-electron chi connectivity index (χ0n) is 7.98. The third-order valence-electron chi connectivity index (χ3n) is 1.70. The van der Waals surface area contributed by atoms with Crippen LogP contribution in [0.5, 0.6) is 0 Å². The normalized spacial score (nSPS) is 11.3. The maximum Gasteiger partial charge on any atom is 0.340 e. The number of rotatable bonds is 4. The summed E-state index contributed by atoms with van der Waals surface area (Å²) in [6.45, 7) is 0. The lowest BCUT2D eigenvalue weighted by Crippen LogP contribution is -2.16. The fourth-order valence-corrected chi connectivity index (χ4v) is 2.80. The van der Waals surface area contributed by atoms with Crippen molar-refractivity contribution in [3.8, 4) is 0 Å². The van der Waals surface area contributed by atoms with Gasteiger partial charge in [-0.1, -0.05) is 4.49 Å². The Morgan fingerprint density at radius 2 is 2.24 bits per heavy atom. The van der Waals surface area contributed by atoms with Crippen molar-refractivity contribution in [3.05, 3.63) is 18.0 Å². The minimum absolute atomic E-state index is 0.177. The van der Waals surface area contributed by atoms with Gasteiger partial charge < -0.3 is 5.11 Å². The number of nitrogens with one attached hydrogen (secondary N) is 2. The van der Waals surface area contributed by atoms with Crippen LogP contribution in [0.15, 0.2) is 17.4 Å². The molecule has 11 heteroatoms. The van der Waals surface area contributed by atoms with E-state index in [0.29, 0.717) is 0 Å². The van der Waals surface area contributed by atoms with Crippen molar-refractivity contribution in [1.82, 2.24) is 19.8 Å². The summed E-state index contributed by atoms with van der Waals surface area (Å²) in [5.41, 5.74) is -0.435. The predicted octanol–water partition coefficient (Wildman–Crippen LogP) is -0.240. The van der Waals surface area contributed by atoms with Crippen LogP contribution in [-0.2, 0) is 10.0 Å². The third kappa shape index (κ3) is 2.24. The lowest BCUT2D eigenvalue weighted by molar-refractivity contribution is 0.0692. The number of sulfonamides is 1. The first-order chi connectivity index (χ1) is 8.00. The van der Waals surface area contributed by atoms with Crippen molar-refractivity contribution in [2.24, 2.45) is 0 Å². The third-order valence-corrected chi connectivity index (χ3v) is 3.75. The molecule has 0 radical (unpaired) electrons. The summed E-state index contributed by atoms with van der Waals surface area (Å²) >= 11 is 0.828. The molecule has 0 saturated carbocycles. The summed E-state index contributed by atoms with van der Waals surface area (Å²) < 4.78 is 29.2. The van der Waals surface area contributed by atoms with Crippen LogP contribution in [0.25, 0.3) is 0 Å². The first-order valence-corrected chi connectivity index (χ1v) is 6.33. The lowest BCUT2D eigenvalue weighted by atomic mass is 10.4. The summed E-state index contributed by atoms with van der Waals surface area (Å²) in [6, 6.07) is 0. The van der Waals surface area contributed by atoms with E-state index < -0.39 is 26.6 Å². The summed E-state index contributed by atoms with van der Waals surface area (Å²) in [7, 11) is -4.03. The number of aromatic nitrogens is 4. The minimum Gasteiger partial charge on any atom is -0.478 e. The van der Waals surface area contributed by atoms with Gasteiger partial charge in [0, 0.05) is 11.5 Å². The monoisotopic (exact) mass is 275 g/mol. The number of hydrogen-bond acceptors (Lipinski definition) is 7. The molecule has 2 aromatic heterocycles. The molecule has 0 bridgehead atoms. The van der Waals surface area contributed by atoms with Crippen LogP contribution in [0.3, 0.4) is 0 Å². The maximum absolute atomic E-state index is 11.8. The second kappa shape index (κ2) is 4.10. The Morgan fingerprint density at radius 3 is 2.82 bits per heavy atom. The molecule has 2 aromatic rings. The molecular formula is C6H5N5O4S2. The Morgan fingerprint density at radius 1 is 1.47 bits per heavy atom. The van der Waals surface area contributed by atoms with Gasteiger partial charge in [0.25, 0.3) is 10.0 Å². The van der Waals surface area contributed by atoms with Gasteiger partial charge in [0.05, 0.1) is 12.4 Å². The zero-order chi connectivity index (χ0) is 12.5. The second-order valence-electron chi connectivity index (χ2n) is 2.81. The molecule has 0 fully saturated rings. The highest BCUT2D eigenvalue weighted by Crippen LogP contribution is 2.18. The van der Waals surface area contributed by atoms with Gasteiger partial charge in [0.1, 0.15) is 10.6 Å². The number of aromatic carboxylic acids is 1. The Bertz CT molecular complexity index is 631. The molecule has 0 aromatic carbocycles. The first-order valence-electron chi connectivity index (χ1n) is 4.07. The molecule has 0 aliphatic heterocycles. The number of hydrogen-bond donors (Lipinski definition) is 3. The molecule has 17 heavy (non-hydrogen) atoms. The van der Waals surface area contributed by atoms with E-state index in [-0.39, 0.29) is 5.00 Å². The van der Waals surface area contributed by atoms with Crippen molar-refractivity contribution in [3.63, 3.8) is 0 Å². The van der Waals surface area contributed by atoms with Crippen molar-refractivity contribution in [2.45, 2.75) is 5.03 Å². The fraction of sp³-hybridized carbons (Fsp3) is 0. The average Bonchev–Trinajstić information content (AvgIpc) is 2.84. The standard InChI is InChI=1S/C6H5N5O4S2/c12-6(13)3-1-7-9-5(3)17(14,15)10-4-2-8-11-16-4/h1-2,10H,(H,7,9)(H,12,13). The van der Waals surface area contributed by atoms with Gasteiger partial charge in [0.2, 0.25) is 0 Å². The van der Waals surface area contributed by atoms with E-state index in [0.717, 1.165) is 17.7 Å². The molecule has 0 amide bonds. The summed E-state index contributed by atoms with van der Waals surface area (Å²) in [6.07, 6.45) is 2.13. The van der Waals surface area contributed by atoms with Gasteiger partial charge >= 0.3 is 5.97 Å². The highest BCUT2D eigenvalue weighted by atomic mass is 32.2. The molecule has 0 saturated heterocycles. The van der Waals surface area contributed by atoms with Crippen molar-refractivity contribution >= 4 is 32.5 Å². The second-order valence-corrected chi connectivity index (χ2v) is 5.21. The number of carboxylic acid groups (broad SMARTS) is 1. The number of carbonyl (C=O) groups is 1. The van der Waals surface area contributed by atoms with Crippen LogP contribution in [0.4, 0.5) is 5.00 Å². The number of aromatic amines is 1. The Hall–Kier alpha value is -2.01. The number of carboxylic acids is 1. The summed E-state index contributed by atoms with van der Waals surface area (Å²) in [4.78, 5) is 10.8. The van der Waals surface area contributed by atoms with E-state index in [9.17, 15) is 13.2 Å². The largest absolute Gasteiger partial charge is 0.478 e. The molecule has 0 aliphatic carbocycles. The first kappa shape index (κ1) is 11.5. The minimum atomic E-state index is -4.03. The Balaban J connectivity index is 2.38. The molecule has 0 spiro atoms. The van der Waals surface area contributed by atoms with E-state index in [1.807, 2.05) is 0 Å². The molecular weight excluding hydrogens is 270 g/mol. The molecule has 0 aliphatic rings. The van der Waals surface area contributed by atoms with Crippen LogP contribution in [0.1, 0.15) is 10.4 Å². The van der Waals surface area contributed by atoms with Gasteiger partial charge in [-0.05, 0) is 0 Å². The number of H-pyrrole nitrogens is 1. The molecule has 3 N–H and O–H groups in total. The highest BCUT2D eigenvalue weighted by Gasteiger charge is 2.25. The van der Waals surface area contributed by atoms with E-state index in [1.165, 1.54) is 6.20 Å². The smallest absolute Gasteiger partial charge is 0.340 e. The average molecular weight is 275 g/mol. The SMILES string of the molecule is O=C(O)c1cn[nH]c1S(=O)(=O)Nc1cnns1. The Kier molecular flexibility index (Phi) is 2.77. The van der Waals surface area contributed by atoms with Gasteiger partial charge in [-0.15, -0.1) is 5.10 Å². The maximum atomic E-state index is 11.8. The summed E-state index contributed by atoms with van der Waals surface area (Å²) in [5.74, 6) is -1.39. The quantitative estimate of drug-likeness (QED) is 0.699. The van der Waals surface area contributed by atoms with Crippen molar-refractivity contribution in [1.29, 1.82) is 0 Å². The molecule has 90 valence electrons. The van der Waals surface area contributed by atoms with Crippen LogP contribution >= 0.6 is 11.5 Å². The topological polar surface area (TPSA) is 138 Å². The number of nitrogens with zero attached hydrogens (tertiary/aromatic N) is 3. The van der Waals surface area contributed by atoms with Crippen LogP contribution in [0, 0.1) is 0 Å². The van der Waals surface area contributed by atoms with Crippen molar-refractivity contribution in [2.75, 3.05) is 4.72 Å². The lowest BCUT2D eigenvalue weighted by Gasteiger charge is -2.02. The van der Waals surface area contributed by atoms with E-state index in [4.69, 9.17) is 5.11 Å². The fourth-order valence-electron chi connectivity index (χ4n) is 1.03. The number of anilines is 1. The van der Waals surface area contributed by atoms with E-state index >= 15 is 0 Å². The molecule has 2 heterocycles. The molecule has 9 nitrogen and oxygen atoms in total. The van der Waals surface area contributed by atoms with Gasteiger partial charge in [0.15, 0.2) is 5.03 Å². The van der Waals surface area contributed by atoms with Gasteiger partial charge in [-0.3, -0.25) is 9.82 Å². The van der Waals surface area contributed by atoms with Crippen molar-refractivity contribution < 1.29 is 18.3 Å². The van der Waals surface area contributed by atoms with Gasteiger partial charge in [-0.2, -0.15) is 13.5 Å². The molecule has 2 rings (SSSR count). The van der Waals surface area contributed by atoms with E-state index in [1.54, 1.807) is 0 Å². The predicted molar refractivity (Wildman–Crippen MR) is 56.3 cm³/mol.